The van der Waals surface area contributed by atoms with Crippen LogP contribution in [0.15, 0.2) is 22.1 Å². The SMILES string of the molecule is Cc1c(C(C)NC(=O)c2sccc2Br)cnn1C. The summed E-state index contributed by atoms with van der Waals surface area (Å²) < 4.78 is 2.64. The van der Waals surface area contributed by atoms with Crippen molar-refractivity contribution in [1.82, 2.24) is 15.1 Å². The Morgan fingerprint density at radius 3 is 2.83 bits per heavy atom. The molecule has 0 aliphatic heterocycles. The Hall–Kier alpha value is -1.14. The van der Waals surface area contributed by atoms with Crippen LogP contribution < -0.4 is 5.32 Å². The topological polar surface area (TPSA) is 46.9 Å². The van der Waals surface area contributed by atoms with E-state index in [-0.39, 0.29) is 11.9 Å². The van der Waals surface area contributed by atoms with Crippen LogP contribution in [-0.2, 0) is 7.05 Å². The molecule has 1 atom stereocenters. The number of nitrogens with zero attached hydrogens (tertiary/aromatic N) is 2. The van der Waals surface area contributed by atoms with Gasteiger partial charge in [0.15, 0.2) is 0 Å². The van der Waals surface area contributed by atoms with Crippen LogP contribution in [0.25, 0.3) is 0 Å². The molecule has 2 aromatic heterocycles. The molecule has 0 saturated carbocycles. The first kappa shape index (κ1) is 13.3. The highest BCUT2D eigenvalue weighted by Crippen LogP contribution is 2.24. The Balaban J connectivity index is 2.13. The van der Waals surface area contributed by atoms with Gasteiger partial charge >= 0.3 is 0 Å². The predicted octanol–water partition coefficient (Wildman–Crippen LogP) is 3.04. The summed E-state index contributed by atoms with van der Waals surface area (Å²) in [6.45, 7) is 3.95. The minimum absolute atomic E-state index is 0.0554. The molecular weight excluding hydrogens is 314 g/mol. The number of carbonyl (C=O) groups excluding carboxylic acids is 1. The fourth-order valence-electron chi connectivity index (χ4n) is 1.74. The number of rotatable bonds is 3. The van der Waals surface area contributed by atoms with Gasteiger partial charge in [-0.3, -0.25) is 9.48 Å². The monoisotopic (exact) mass is 327 g/mol. The lowest BCUT2D eigenvalue weighted by atomic mass is 10.1. The molecule has 0 radical (unpaired) electrons. The van der Waals surface area contributed by atoms with Gasteiger partial charge in [-0.1, -0.05) is 0 Å². The van der Waals surface area contributed by atoms with Crippen LogP contribution in [0.5, 0.6) is 0 Å². The normalized spacial score (nSPS) is 12.4. The van der Waals surface area contributed by atoms with Crippen molar-refractivity contribution in [2.75, 3.05) is 0 Å². The van der Waals surface area contributed by atoms with Gasteiger partial charge in [0.2, 0.25) is 0 Å². The van der Waals surface area contributed by atoms with Crippen LogP contribution in [0.2, 0.25) is 0 Å². The van der Waals surface area contributed by atoms with E-state index in [9.17, 15) is 4.79 Å². The molecule has 0 aliphatic carbocycles. The molecular formula is C12H14BrN3OS. The number of amides is 1. The largest absolute Gasteiger partial charge is 0.345 e. The minimum Gasteiger partial charge on any atom is -0.345 e. The van der Waals surface area contributed by atoms with Crippen molar-refractivity contribution < 1.29 is 4.79 Å². The van der Waals surface area contributed by atoms with E-state index < -0.39 is 0 Å². The van der Waals surface area contributed by atoms with Gasteiger partial charge in [0, 0.05) is 22.8 Å². The lowest BCUT2D eigenvalue weighted by molar-refractivity contribution is 0.0943. The summed E-state index contributed by atoms with van der Waals surface area (Å²) in [6.07, 6.45) is 1.80. The van der Waals surface area contributed by atoms with Crippen molar-refractivity contribution in [2.24, 2.45) is 7.05 Å². The van der Waals surface area contributed by atoms with Crippen molar-refractivity contribution in [2.45, 2.75) is 19.9 Å². The third-order valence-corrected chi connectivity index (χ3v) is 4.75. The Morgan fingerprint density at radius 1 is 1.61 bits per heavy atom. The molecule has 0 saturated heterocycles. The molecule has 1 N–H and O–H groups in total. The first-order valence-corrected chi connectivity index (χ1v) is 7.20. The highest BCUT2D eigenvalue weighted by Gasteiger charge is 2.17. The standard InChI is InChI=1S/C12H14BrN3OS/c1-7(9-6-14-16(3)8(9)2)15-12(17)11-10(13)4-5-18-11/h4-7H,1-3H3,(H,15,17). The van der Waals surface area contributed by atoms with E-state index in [0.29, 0.717) is 4.88 Å². The first-order valence-electron chi connectivity index (χ1n) is 5.53. The van der Waals surface area contributed by atoms with Crippen LogP contribution in [0.1, 0.15) is 33.9 Å². The number of aromatic nitrogens is 2. The molecule has 96 valence electrons. The highest BCUT2D eigenvalue weighted by molar-refractivity contribution is 9.10. The van der Waals surface area contributed by atoms with E-state index in [1.807, 2.05) is 32.3 Å². The fourth-order valence-corrected chi connectivity index (χ4v) is 3.19. The van der Waals surface area contributed by atoms with Gasteiger partial charge < -0.3 is 5.32 Å². The summed E-state index contributed by atoms with van der Waals surface area (Å²) in [6, 6.07) is 1.82. The van der Waals surface area contributed by atoms with E-state index in [1.165, 1.54) is 11.3 Å². The molecule has 0 aromatic carbocycles. The number of aryl methyl sites for hydroxylation is 1. The average molecular weight is 328 g/mol. The maximum absolute atomic E-state index is 12.1. The zero-order chi connectivity index (χ0) is 13.3. The maximum atomic E-state index is 12.1. The van der Waals surface area contributed by atoms with E-state index >= 15 is 0 Å². The molecule has 2 aromatic rings. The predicted molar refractivity (Wildman–Crippen MR) is 75.8 cm³/mol. The fraction of sp³-hybridized carbons (Fsp3) is 0.333. The zero-order valence-electron chi connectivity index (χ0n) is 10.4. The summed E-state index contributed by atoms with van der Waals surface area (Å²) in [5, 5.41) is 9.05. The number of halogens is 1. The number of thiophene rings is 1. The van der Waals surface area contributed by atoms with Crippen LogP contribution in [0, 0.1) is 6.92 Å². The number of nitrogens with one attached hydrogen (secondary N) is 1. The lowest BCUT2D eigenvalue weighted by Crippen LogP contribution is -2.26. The van der Waals surface area contributed by atoms with Crippen molar-refractivity contribution in [3.8, 4) is 0 Å². The molecule has 1 amide bonds. The second-order valence-corrected chi connectivity index (χ2v) is 5.87. The summed E-state index contributed by atoms with van der Waals surface area (Å²) >= 11 is 4.79. The Labute approximate surface area is 118 Å². The summed E-state index contributed by atoms with van der Waals surface area (Å²) in [4.78, 5) is 12.8. The van der Waals surface area contributed by atoms with Crippen LogP contribution in [0.3, 0.4) is 0 Å². The Bertz CT molecular complexity index is 576. The second-order valence-electron chi connectivity index (χ2n) is 4.10. The molecule has 18 heavy (non-hydrogen) atoms. The molecule has 6 heteroatoms. The Morgan fingerprint density at radius 2 is 2.33 bits per heavy atom. The zero-order valence-corrected chi connectivity index (χ0v) is 12.8. The number of hydrogen-bond donors (Lipinski definition) is 1. The Kier molecular flexibility index (Phi) is 3.87. The number of carbonyl (C=O) groups is 1. The van der Waals surface area contributed by atoms with Gasteiger partial charge in [0.05, 0.1) is 12.2 Å². The highest BCUT2D eigenvalue weighted by atomic mass is 79.9. The van der Waals surface area contributed by atoms with Gasteiger partial charge in [0.25, 0.3) is 5.91 Å². The van der Waals surface area contributed by atoms with Crippen molar-refractivity contribution in [3.63, 3.8) is 0 Å². The lowest BCUT2D eigenvalue weighted by Gasteiger charge is -2.13. The molecule has 0 spiro atoms. The van der Waals surface area contributed by atoms with E-state index in [1.54, 1.807) is 10.9 Å². The van der Waals surface area contributed by atoms with Gasteiger partial charge in [-0.15, -0.1) is 11.3 Å². The third kappa shape index (κ3) is 2.49. The van der Waals surface area contributed by atoms with Crippen LogP contribution in [0.4, 0.5) is 0 Å². The molecule has 0 aliphatic rings. The smallest absolute Gasteiger partial charge is 0.262 e. The quantitative estimate of drug-likeness (QED) is 0.941. The first-order chi connectivity index (χ1) is 8.50. The van der Waals surface area contributed by atoms with E-state index in [2.05, 4.69) is 26.3 Å². The molecule has 1 unspecified atom stereocenters. The van der Waals surface area contributed by atoms with E-state index in [0.717, 1.165) is 15.7 Å². The van der Waals surface area contributed by atoms with E-state index in [4.69, 9.17) is 0 Å². The molecule has 0 bridgehead atoms. The summed E-state index contributed by atoms with van der Waals surface area (Å²) in [5.74, 6) is -0.0624. The van der Waals surface area contributed by atoms with Gasteiger partial charge in [0.1, 0.15) is 4.88 Å². The molecule has 4 nitrogen and oxygen atoms in total. The second kappa shape index (κ2) is 5.24. The van der Waals surface area contributed by atoms with Crippen LogP contribution >= 0.6 is 27.3 Å². The van der Waals surface area contributed by atoms with Crippen molar-refractivity contribution >= 4 is 33.2 Å². The van der Waals surface area contributed by atoms with Gasteiger partial charge in [-0.2, -0.15) is 5.10 Å². The van der Waals surface area contributed by atoms with Crippen molar-refractivity contribution in [1.29, 1.82) is 0 Å². The minimum atomic E-state index is -0.0624. The van der Waals surface area contributed by atoms with Crippen LogP contribution in [-0.4, -0.2) is 15.7 Å². The number of hydrogen-bond acceptors (Lipinski definition) is 3. The third-order valence-electron chi connectivity index (χ3n) is 2.91. The maximum Gasteiger partial charge on any atom is 0.262 e. The van der Waals surface area contributed by atoms with Gasteiger partial charge in [-0.25, -0.2) is 0 Å². The molecule has 0 fully saturated rings. The molecule has 2 heterocycles. The summed E-state index contributed by atoms with van der Waals surface area (Å²) in [5.41, 5.74) is 2.10. The average Bonchev–Trinajstić information content (AvgIpc) is 2.87. The summed E-state index contributed by atoms with van der Waals surface area (Å²) in [7, 11) is 1.89. The van der Waals surface area contributed by atoms with Gasteiger partial charge in [-0.05, 0) is 41.2 Å². The van der Waals surface area contributed by atoms with Crippen molar-refractivity contribution in [3.05, 3.63) is 38.3 Å². The molecule has 2 rings (SSSR count).